The summed E-state index contributed by atoms with van der Waals surface area (Å²) in [6.45, 7) is 8.23. The molecule has 0 fully saturated rings. The molecular formula is C15H27NO4S2. The van der Waals surface area contributed by atoms with Crippen LogP contribution in [0.5, 0.6) is 0 Å². The number of amides is 1. The molecule has 0 bridgehead atoms. The second-order valence-corrected chi connectivity index (χ2v) is 8.62. The molecule has 0 saturated carbocycles. The van der Waals surface area contributed by atoms with Crippen molar-refractivity contribution >= 4 is 39.2 Å². The van der Waals surface area contributed by atoms with Gasteiger partial charge in [0.25, 0.3) is 0 Å². The summed E-state index contributed by atoms with van der Waals surface area (Å²) in [5.41, 5.74) is 0. The Morgan fingerprint density at radius 2 is 1.86 bits per heavy atom. The number of carbonyl (C=O) groups is 3. The first-order valence-corrected chi connectivity index (χ1v) is 9.81. The number of hydrogen-bond donors (Lipinski definition) is 1. The van der Waals surface area contributed by atoms with E-state index in [0.29, 0.717) is 32.4 Å². The monoisotopic (exact) mass is 349 g/mol. The Kier molecular flexibility index (Phi) is 11.5. The molecule has 0 saturated heterocycles. The van der Waals surface area contributed by atoms with E-state index >= 15 is 0 Å². The van der Waals surface area contributed by atoms with Crippen molar-refractivity contribution in [1.82, 2.24) is 5.32 Å². The molecular weight excluding hydrogens is 322 g/mol. The molecule has 0 aromatic rings. The maximum Gasteiger partial charge on any atom is 0.302 e. The minimum Gasteiger partial charge on any atom is -0.465 e. The SMILES string of the molecule is CCC(=O)CCNC(=O)CCC(C)(C)SSCCOC(C)=O. The van der Waals surface area contributed by atoms with Gasteiger partial charge in [0.05, 0.1) is 0 Å². The first-order valence-electron chi connectivity index (χ1n) is 7.49. The van der Waals surface area contributed by atoms with Gasteiger partial charge in [0.15, 0.2) is 0 Å². The van der Waals surface area contributed by atoms with Crippen LogP contribution in [0.15, 0.2) is 0 Å². The zero-order valence-corrected chi connectivity index (χ0v) is 15.5. The predicted octanol–water partition coefficient (Wildman–Crippen LogP) is 2.98. The van der Waals surface area contributed by atoms with Crippen LogP contribution in [-0.2, 0) is 19.1 Å². The summed E-state index contributed by atoms with van der Waals surface area (Å²) < 4.78 is 4.83. The molecule has 0 aliphatic rings. The van der Waals surface area contributed by atoms with Gasteiger partial charge in [-0.15, -0.1) is 0 Å². The number of nitrogens with one attached hydrogen (secondary N) is 1. The molecule has 0 aromatic heterocycles. The maximum atomic E-state index is 11.7. The van der Waals surface area contributed by atoms with Crippen LogP contribution in [0.25, 0.3) is 0 Å². The van der Waals surface area contributed by atoms with Crippen LogP contribution in [0, 0.1) is 0 Å². The Morgan fingerprint density at radius 3 is 2.45 bits per heavy atom. The molecule has 0 atom stereocenters. The molecule has 5 nitrogen and oxygen atoms in total. The molecule has 0 rings (SSSR count). The van der Waals surface area contributed by atoms with Gasteiger partial charge >= 0.3 is 5.97 Å². The number of ether oxygens (including phenoxy) is 1. The van der Waals surface area contributed by atoms with Gasteiger partial charge in [-0.2, -0.15) is 0 Å². The minimum absolute atomic E-state index is 0.0116. The van der Waals surface area contributed by atoms with E-state index in [1.165, 1.54) is 6.92 Å². The Hall–Kier alpha value is -0.690. The quantitative estimate of drug-likeness (QED) is 0.332. The Bertz CT molecular complexity index is 373. The average molecular weight is 350 g/mol. The lowest BCUT2D eigenvalue weighted by Crippen LogP contribution is -2.27. The Morgan fingerprint density at radius 1 is 1.18 bits per heavy atom. The van der Waals surface area contributed by atoms with Crippen molar-refractivity contribution in [2.24, 2.45) is 0 Å². The van der Waals surface area contributed by atoms with Gasteiger partial charge < -0.3 is 10.1 Å². The molecule has 7 heteroatoms. The lowest BCUT2D eigenvalue weighted by molar-refractivity contribution is -0.140. The van der Waals surface area contributed by atoms with Crippen LogP contribution in [0.1, 0.15) is 53.4 Å². The number of Topliss-reactive ketones (excluding diaryl/α,β-unsaturated/α-hetero) is 1. The summed E-state index contributed by atoms with van der Waals surface area (Å²) in [6.07, 6.45) is 2.13. The maximum absolute atomic E-state index is 11.7. The van der Waals surface area contributed by atoms with E-state index in [4.69, 9.17) is 4.74 Å². The Labute approximate surface area is 141 Å². The van der Waals surface area contributed by atoms with Crippen molar-refractivity contribution in [3.05, 3.63) is 0 Å². The van der Waals surface area contributed by atoms with E-state index in [9.17, 15) is 14.4 Å². The summed E-state index contributed by atoms with van der Waals surface area (Å²) in [5, 5.41) is 2.78. The number of esters is 1. The molecule has 0 heterocycles. The fourth-order valence-corrected chi connectivity index (χ4v) is 3.88. The second-order valence-electron chi connectivity index (χ2n) is 5.50. The zero-order valence-electron chi connectivity index (χ0n) is 13.9. The molecule has 1 N–H and O–H groups in total. The highest BCUT2D eigenvalue weighted by Crippen LogP contribution is 2.38. The van der Waals surface area contributed by atoms with Gasteiger partial charge in [-0.25, -0.2) is 0 Å². The van der Waals surface area contributed by atoms with E-state index in [1.54, 1.807) is 21.6 Å². The molecule has 128 valence electrons. The molecule has 0 spiro atoms. The fourth-order valence-electron chi connectivity index (χ4n) is 1.48. The zero-order chi connectivity index (χ0) is 17.0. The smallest absolute Gasteiger partial charge is 0.302 e. The first kappa shape index (κ1) is 21.3. The summed E-state index contributed by atoms with van der Waals surface area (Å²) in [6, 6.07) is 0. The predicted molar refractivity (Wildman–Crippen MR) is 92.9 cm³/mol. The third-order valence-electron chi connectivity index (χ3n) is 2.83. The topological polar surface area (TPSA) is 72.5 Å². The molecule has 22 heavy (non-hydrogen) atoms. The molecule has 0 unspecified atom stereocenters. The summed E-state index contributed by atoms with van der Waals surface area (Å²) in [7, 11) is 3.34. The van der Waals surface area contributed by atoms with Gasteiger partial charge in [0.1, 0.15) is 12.4 Å². The molecule has 0 aromatic carbocycles. The first-order chi connectivity index (χ1) is 10.3. The van der Waals surface area contributed by atoms with E-state index in [2.05, 4.69) is 19.2 Å². The molecule has 1 amide bonds. The van der Waals surface area contributed by atoms with Crippen LogP contribution >= 0.6 is 21.6 Å². The normalized spacial score (nSPS) is 11.1. The van der Waals surface area contributed by atoms with Crippen molar-refractivity contribution in [2.75, 3.05) is 18.9 Å². The van der Waals surface area contributed by atoms with Crippen molar-refractivity contribution in [3.8, 4) is 0 Å². The van der Waals surface area contributed by atoms with Crippen molar-refractivity contribution in [2.45, 2.75) is 58.1 Å². The highest BCUT2D eigenvalue weighted by Gasteiger charge is 2.20. The summed E-state index contributed by atoms with van der Waals surface area (Å²) in [5.74, 6) is 0.630. The van der Waals surface area contributed by atoms with Crippen LogP contribution in [0.2, 0.25) is 0 Å². The van der Waals surface area contributed by atoms with Crippen molar-refractivity contribution < 1.29 is 19.1 Å². The number of carbonyl (C=O) groups excluding carboxylic acids is 3. The molecule has 0 aliphatic heterocycles. The van der Waals surface area contributed by atoms with Crippen LogP contribution in [0.4, 0.5) is 0 Å². The van der Waals surface area contributed by atoms with Gasteiger partial charge in [0, 0.05) is 43.2 Å². The average Bonchev–Trinajstić information content (AvgIpc) is 2.44. The number of rotatable bonds is 12. The summed E-state index contributed by atoms with van der Waals surface area (Å²) in [4.78, 5) is 33.5. The van der Waals surface area contributed by atoms with E-state index in [0.717, 1.165) is 12.2 Å². The molecule has 0 radical (unpaired) electrons. The van der Waals surface area contributed by atoms with Gasteiger partial charge in [-0.1, -0.05) is 28.5 Å². The van der Waals surface area contributed by atoms with Crippen LogP contribution < -0.4 is 5.32 Å². The van der Waals surface area contributed by atoms with E-state index in [1.807, 2.05) is 6.92 Å². The van der Waals surface area contributed by atoms with Crippen molar-refractivity contribution in [1.29, 1.82) is 0 Å². The standard InChI is InChI=1S/C15H27NO4S2/c1-5-13(18)7-9-16-14(19)6-8-15(3,4)22-21-11-10-20-12(2)17/h5-11H2,1-4H3,(H,16,19). The fraction of sp³-hybridized carbons (Fsp3) is 0.800. The highest BCUT2D eigenvalue weighted by atomic mass is 33.1. The summed E-state index contributed by atoms with van der Waals surface area (Å²) >= 11 is 0. The van der Waals surface area contributed by atoms with Gasteiger partial charge in [0.2, 0.25) is 5.91 Å². The Balaban J connectivity index is 3.74. The number of ketones is 1. The minimum atomic E-state index is -0.261. The molecule has 0 aliphatic carbocycles. The lowest BCUT2D eigenvalue weighted by atomic mass is 10.1. The van der Waals surface area contributed by atoms with Gasteiger partial charge in [-0.3, -0.25) is 14.4 Å². The number of hydrogen-bond acceptors (Lipinski definition) is 6. The third-order valence-corrected chi connectivity index (χ3v) is 6.14. The highest BCUT2D eigenvalue weighted by molar-refractivity contribution is 8.77. The van der Waals surface area contributed by atoms with Crippen molar-refractivity contribution in [3.63, 3.8) is 0 Å². The second kappa shape index (κ2) is 11.8. The van der Waals surface area contributed by atoms with E-state index < -0.39 is 0 Å². The third kappa shape index (κ3) is 13.0. The van der Waals surface area contributed by atoms with Gasteiger partial charge in [-0.05, 0) is 20.3 Å². The van der Waals surface area contributed by atoms with E-state index in [-0.39, 0.29) is 22.4 Å². The lowest BCUT2D eigenvalue weighted by Gasteiger charge is -2.22. The largest absolute Gasteiger partial charge is 0.465 e. The van der Waals surface area contributed by atoms with Crippen LogP contribution in [-0.4, -0.2) is 41.3 Å². The van der Waals surface area contributed by atoms with Crippen LogP contribution in [0.3, 0.4) is 0 Å².